The maximum Gasteiger partial charge on any atom is 0.289 e. The van der Waals surface area contributed by atoms with Gasteiger partial charge in [-0.25, -0.2) is 4.98 Å². The van der Waals surface area contributed by atoms with Gasteiger partial charge < -0.3 is 11.1 Å². The number of benzene rings is 1. The Morgan fingerprint density at radius 2 is 1.97 bits per heavy atom. The molecule has 0 radical (unpaired) electrons. The van der Waals surface area contributed by atoms with E-state index in [2.05, 4.69) is 11.4 Å². The van der Waals surface area contributed by atoms with Gasteiger partial charge in [0.05, 0.1) is 10.6 Å². The smallest absolute Gasteiger partial charge is 0.289 e. The number of pyridine rings is 1. The molecule has 0 atom stereocenters. The number of fused-ring (bicyclic) bond motifs is 2. The highest BCUT2D eigenvalue weighted by Gasteiger charge is 2.21. The molecule has 0 aliphatic heterocycles. The average Bonchev–Trinajstić information content (AvgIpc) is 2.99. The van der Waals surface area contributed by atoms with Gasteiger partial charge in [0.2, 0.25) is 0 Å². The number of hydrogen-bond donors (Lipinski definition) is 2. The molecule has 4 rings (SSSR count). The molecule has 0 saturated carbocycles. The lowest BCUT2D eigenvalue weighted by Gasteiger charge is -2.12. The van der Waals surface area contributed by atoms with Crippen molar-refractivity contribution < 1.29 is 9.72 Å². The number of carbonyl (C=O) groups excluding carboxylic acids is 1. The van der Waals surface area contributed by atoms with Crippen LogP contribution in [0.5, 0.6) is 0 Å². The van der Waals surface area contributed by atoms with Crippen LogP contribution in [0.3, 0.4) is 0 Å². The van der Waals surface area contributed by atoms with Crippen LogP contribution in [-0.2, 0) is 12.8 Å². The van der Waals surface area contributed by atoms with Gasteiger partial charge in [-0.2, -0.15) is 0 Å². The van der Waals surface area contributed by atoms with Gasteiger partial charge in [-0.05, 0) is 49.4 Å². The van der Waals surface area contributed by atoms with Crippen LogP contribution in [-0.4, -0.2) is 15.8 Å². The number of nitro groups is 1. The van der Waals surface area contributed by atoms with E-state index >= 15 is 0 Å². The topological polar surface area (TPSA) is 111 Å². The van der Waals surface area contributed by atoms with Gasteiger partial charge in [-0.1, -0.05) is 24.4 Å². The number of aryl methyl sites for hydroxylation is 2. The summed E-state index contributed by atoms with van der Waals surface area (Å²) in [7, 11) is 0. The Kier molecular flexibility index (Phi) is 5.38. The molecule has 9 heteroatoms. The first kappa shape index (κ1) is 19.6. The average molecular weight is 431 g/mol. The van der Waals surface area contributed by atoms with Gasteiger partial charge in [-0.15, -0.1) is 11.3 Å². The zero-order valence-corrected chi connectivity index (χ0v) is 17.1. The molecule has 2 aromatic heterocycles. The molecule has 150 valence electrons. The summed E-state index contributed by atoms with van der Waals surface area (Å²) in [5, 5.41) is 14.5. The zero-order chi connectivity index (χ0) is 20.5. The minimum atomic E-state index is -0.592. The number of nitrogens with two attached hydrogens (primary N) is 1. The van der Waals surface area contributed by atoms with Crippen LogP contribution < -0.4 is 11.1 Å². The fourth-order valence-corrected chi connectivity index (χ4v) is 4.78. The quantitative estimate of drug-likeness (QED) is 0.429. The number of amides is 1. The maximum absolute atomic E-state index is 12.8. The summed E-state index contributed by atoms with van der Waals surface area (Å²) in [6, 6.07) is 6.19. The molecule has 3 N–H and O–H groups in total. The first-order valence-corrected chi connectivity index (χ1v) is 10.6. The normalized spacial score (nSPS) is 14.1. The number of nitrogen functional groups attached to an aromatic ring is 1. The van der Waals surface area contributed by atoms with E-state index in [4.69, 9.17) is 22.3 Å². The summed E-state index contributed by atoms with van der Waals surface area (Å²) >= 11 is 7.07. The Hall–Kier alpha value is -2.71. The number of rotatable bonds is 3. The van der Waals surface area contributed by atoms with Crippen molar-refractivity contribution >= 4 is 56.1 Å². The maximum atomic E-state index is 12.8. The van der Waals surface area contributed by atoms with Crippen LogP contribution in [0.1, 0.15) is 46.6 Å². The molecular weight excluding hydrogens is 412 g/mol. The summed E-state index contributed by atoms with van der Waals surface area (Å²) in [6.07, 6.45) is 6.61. The number of carbonyl (C=O) groups is 1. The number of halogens is 1. The number of hydrogen-bond acceptors (Lipinski definition) is 6. The highest BCUT2D eigenvalue weighted by atomic mass is 35.5. The lowest BCUT2D eigenvalue weighted by Crippen LogP contribution is -2.12. The van der Waals surface area contributed by atoms with Crippen molar-refractivity contribution in [3.8, 4) is 0 Å². The van der Waals surface area contributed by atoms with Crippen LogP contribution in [0.2, 0.25) is 5.02 Å². The summed E-state index contributed by atoms with van der Waals surface area (Å²) < 4.78 is 0. The fraction of sp³-hybridized carbons (Fsp3) is 0.300. The van der Waals surface area contributed by atoms with E-state index in [1.807, 2.05) is 0 Å². The predicted molar refractivity (Wildman–Crippen MR) is 116 cm³/mol. The number of thiophene rings is 1. The molecule has 0 unspecified atom stereocenters. The van der Waals surface area contributed by atoms with E-state index < -0.39 is 10.8 Å². The summed E-state index contributed by atoms with van der Waals surface area (Å²) in [6.45, 7) is 0. The second kappa shape index (κ2) is 7.96. The molecule has 1 aliphatic rings. The Morgan fingerprint density at radius 1 is 1.21 bits per heavy atom. The lowest BCUT2D eigenvalue weighted by atomic mass is 9.96. The van der Waals surface area contributed by atoms with Gasteiger partial charge >= 0.3 is 0 Å². The van der Waals surface area contributed by atoms with Crippen LogP contribution in [0, 0.1) is 10.1 Å². The first-order valence-electron chi connectivity index (χ1n) is 9.40. The third-order valence-electron chi connectivity index (χ3n) is 5.11. The van der Waals surface area contributed by atoms with Crippen molar-refractivity contribution in [2.24, 2.45) is 0 Å². The molecule has 0 saturated heterocycles. The van der Waals surface area contributed by atoms with E-state index in [1.165, 1.54) is 47.9 Å². The molecule has 29 heavy (non-hydrogen) atoms. The second-order valence-corrected chi connectivity index (χ2v) is 8.49. The van der Waals surface area contributed by atoms with Crippen molar-refractivity contribution in [2.75, 3.05) is 11.1 Å². The summed E-state index contributed by atoms with van der Waals surface area (Å²) in [4.78, 5) is 29.1. The van der Waals surface area contributed by atoms with Crippen LogP contribution in [0.15, 0.2) is 24.3 Å². The molecular formula is C20H19ClN4O3S. The van der Waals surface area contributed by atoms with Gasteiger partial charge in [0.1, 0.15) is 14.7 Å². The van der Waals surface area contributed by atoms with E-state index in [0.717, 1.165) is 41.6 Å². The van der Waals surface area contributed by atoms with Crippen LogP contribution >= 0.6 is 22.9 Å². The second-order valence-electron chi connectivity index (χ2n) is 7.08. The monoisotopic (exact) mass is 430 g/mol. The minimum Gasteiger partial charge on any atom is -0.397 e. The predicted octanol–water partition coefficient (Wildman–Crippen LogP) is 5.35. The first-order chi connectivity index (χ1) is 13.9. The minimum absolute atomic E-state index is 0.0102. The molecule has 1 amide bonds. The number of anilines is 2. The standard InChI is InChI=1S/C20H19ClN4O3S/c21-14-8-7-12(10-16(14)25(27)28)23-19(26)18-17(22)13-9-11-5-3-1-2-4-6-15(11)24-20(13)29-18/h7-10H,1-6,22H2,(H,23,26). The third-order valence-corrected chi connectivity index (χ3v) is 6.54. The summed E-state index contributed by atoms with van der Waals surface area (Å²) in [5.74, 6) is -0.422. The highest BCUT2D eigenvalue weighted by Crippen LogP contribution is 2.36. The van der Waals surface area contributed by atoms with Gasteiger partial charge in [-0.3, -0.25) is 14.9 Å². The molecule has 0 spiro atoms. The van der Waals surface area contributed by atoms with Crippen molar-refractivity contribution in [3.05, 3.63) is 55.5 Å². The zero-order valence-electron chi connectivity index (χ0n) is 15.5. The molecule has 1 aliphatic carbocycles. The SMILES string of the molecule is Nc1c(C(=O)Nc2ccc(Cl)c([N+](=O)[O-])c2)sc2nc3c(cc12)CCCCCC3. The largest absolute Gasteiger partial charge is 0.397 e. The Bertz CT molecular complexity index is 1130. The van der Waals surface area contributed by atoms with Crippen molar-refractivity contribution in [3.63, 3.8) is 0 Å². The van der Waals surface area contributed by atoms with Crippen LogP contribution in [0.4, 0.5) is 17.1 Å². The Morgan fingerprint density at radius 3 is 2.72 bits per heavy atom. The van der Waals surface area contributed by atoms with Crippen molar-refractivity contribution in [1.29, 1.82) is 0 Å². The molecule has 3 aromatic rings. The Balaban J connectivity index is 1.67. The summed E-state index contributed by atoms with van der Waals surface area (Å²) in [5.41, 5.74) is 8.99. The number of nitrogens with zero attached hydrogens (tertiary/aromatic N) is 2. The van der Waals surface area contributed by atoms with Gasteiger partial charge in [0.25, 0.3) is 11.6 Å². The lowest BCUT2D eigenvalue weighted by molar-refractivity contribution is -0.384. The highest BCUT2D eigenvalue weighted by molar-refractivity contribution is 7.21. The molecule has 0 fully saturated rings. The fourth-order valence-electron chi connectivity index (χ4n) is 3.60. The molecule has 1 aromatic carbocycles. The van der Waals surface area contributed by atoms with E-state index in [0.29, 0.717) is 10.6 Å². The van der Waals surface area contributed by atoms with E-state index in [1.54, 1.807) is 0 Å². The molecule has 0 bridgehead atoms. The number of nitrogens with one attached hydrogen (secondary N) is 1. The van der Waals surface area contributed by atoms with Crippen LogP contribution in [0.25, 0.3) is 10.2 Å². The molecule has 7 nitrogen and oxygen atoms in total. The van der Waals surface area contributed by atoms with Gasteiger partial charge in [0, 0.05) is 22.8 Å². The molecule has 2 heterocycles. The van der Waals surface area contributed by atoms with Crippen molar-refractivity contribution in [2.45, 2.75) is 38.5 Å². The Labute approximate surface area is 176 Å². The van der Waals surface area contributed by atoms with E-state index in [-0.39, 0.29) is 16.4 Å². The third kappa shape index (κ3) is 3.90. The van der Waals surface area contributed by atoms with Gasteiger partial charge in [0.15, 0.2) is 0 Å². The van der Waals surface area contributed by atoms with Crippen molar-refractivity contribution in [1.82, 2.24) is 4.98 Å². The van der Waals surface area contributed by atoms with E-state index in [9.17, 15) is 14.9 Å². The number of nitro benzene ring substituents is 1. The number of aromatic nitrogens is 1.